The SMILES string of the molecule is C=C(C)C(=O)OCCCC(=O)OC1C2CC3C(=O)OC1C3S2. The van der Waals surface area contributed by atoms with E-state index in [1.807, 2.05) is 0 Å². The van der Waals surface area contributed by atoms with Gasteiger partial charge in [0.05, 0.1) is 17.8 Å². The quantitative estimate of drug-likeness (QED) is 0.314. The standard InChI is InChI=1S/C15H18O6S/c1-7(2)14(17)19-5-3-4-10(16)20-11-9-6-8-13(22-9)12(11)21-15(8)18/h8-9,11-13H,1,3-6H2,2H3. The molecule has 22 heavy (non-hydrogen) atoms. The highest BCUT2D eigenvalue weighted by Gasteiger charge is 2.64. The second-order valence-corrected chi connectivity index (χ2v) is 7.28. The van der Waals surface area contributed by atoms with Gasteiger partial charge in [0.25, 0.3) is 0 Å². The number of fused-ring (bicyclic) bond motifs is 1. The van der Waals surface area contributed by atoms with Crippen LogP contribution in [0.25, 0.3) is 0 Å². The van der Waals surface area contributed by atoms with E-state index in [2.05, 4.69) is 6.58 Å². The summed E-state index contributed by atoms with van der Waals surface area (Å²) in [7, 11) is 0. The molecule has 120 valence electrons. The molecule has 5 unspecified atom stereocenters. The summed E-state index contributed by atoms with van der Waals surface area (Å²) >= 11 is 1.70. The highest BCUT2D eigenvalue weighted by atomic mass is 32.2. The zero-order valence-electron chi connectivity index (χ0n) is 12.3. The molecule has 7 heteroatoms. The lowest BCUT2D eigenvalue weighted by Gasteiger charge is -2.23. The molecule has 0 N–H and O–H groups in total. The van der Waals surface area contributed by atoms with Crippen LogP contribution in [0.4, 0.5) is 0 Å². The van der Waals surface area contributed by atoms with E-state index >= 15 is 0 Å². The first-order valence-corrected chi connectivity index (χ1v) is 8.29. The molecule has 0 saturated carbocycles. The van der Waals surface area contributed by atoms with Gasteiger partial charge < -0.3 is 14.2 Å². The zero-order chi connectivity index (χ0) is 15.9. The van der Waals surface area contributed by atoms with Crippen LogP contribution in [0.15, 0.2) is 12.2 Å². The van der Waals surface area contributed by atoms with Gasteiger partial charge >= 0.3 is 17.9 Å². The molecule has 0 aromatic rings. The van der Waals surface area contributed by atoms with Crippen LogP contribution in [0.1, 0.15) is 26.2 Å². The van der Waals surface area contributed by atoms with Crippen LogP contribution < -0.4 is 0 Å². The van der Waals surface area contributed by atoms with Gasteiger partial charge in [-0.1, -0.05) is 6.58 Å². The topological polar surface area (TPSA) is 78.9 Å². The third kappa shape index (κ3) is 2.74. The van der Waals surface area contributed by atoms with E-state index in [-0.39, 0.29) is 53.6 Å². The molecule has 3 heterocycles. The Morgan fingerprint density at radius 3 is 2.95 bits per heavy atom. The average Bonchev–Trinajstić information content (AvgIpc) is 3.08. The molecule has 3 aliphatic rings. The molecule has 3 aliphatic heterocycles. The molecule has 0 radical (unpaired) electrons. The molecule has 0 spiro atoms. The lowest BCUT2D eigenvalue weighted by molar-refractivity contribution is -0.160. The molecule has 0 amide bonds. The Morgan fingerprint density at radius 1 is 1.45 bits per heavy atom. The first-order chi connectivity index (χ1) is 10.5. The van der Waals surface area contributed by atoms with Gasteiger partial charge in [-0.05, 0) is 19.8 Å². The van der Waals surface area contributed by atoms with Crippen LogP contribution in [0, 0.1) is 5.92 Å². The molecular weight excluding hydrogens is 308 g/mol. The first kappa shape index (κ1) is 15.4. The maximum atomic E-state index is 11.9. The van der Waals surface area contributed by atoms with E-state index in [0.29, 0.717) is 12.0 Å². The Labute approximate surface area is 132 Å². The summed E-state index contributed by atoms with van der Waals surface area (Å²) < 4.78 is 15.7. The smallest absolute Gasteiger partial charge is 0.333 e. The summed E-state index contributed by atoms with van der Waals surface area (Å²) in [5.41, 5.74) is 0.333. The summed E-state index contributed by atoms with van der Waals surface area (Å²) in [4.78, 5) is 34.7. The third-order valence-electron chi connectivity index (χ3n) is 4.16. The van der Waals surface area contributed by atoms with Crippen LogP contribution in [0.3, 0.4) is 0 Å². The van der Waals surface area contributed by atoms with E-state index < -0.39 is 5.97 Å². The van der Waals surface area contributed by atoms with Crippen molar-refractivity contribution in [3.8, 4) is 0 Å². The maximum Gasteiger partial charge on any atom is 0.333 e. The van der Waals surface area contributed by atoms with Crippen LogP contribution in [-0.2, 0) is 28.6 Å². The van der Waals surface area contributed by atoms with Gasteiger partial charge in [-0.3, -0.25) is 9.59 Å². The largest absolute Gasteiger partial charge is 0.462 e. The normalized spacial score (nSPS) is 34.4. The molecule has 5 atom stereocenters. The fraction of sp³-hybridized carbons (Fsp3) is 0.667. The van der Waals surface area contributed by atoms with Crippen molar-refractivity contribution in [3.05, 3.63) is 12.2 Å². The predicted molar refractivity (Wildman–Crippen MR) is 78.0 cm³/mol. The van der Waals surface area contributed by atoms with Crippen LogP contribution >= 0.6 is 11.8 Å². The molecule has 0 aliphatic carbocycles. The van der Waals surface area contributed by atoms with Crippen LogP contribution in [0.2, 0.25) is 0 Å². The van der Waals surface area contributed by atoms with Gasteiger partial charge in [0, 0.05) is 17.2 Å². The Morgan fingerprint density at radius 2 is 2.23 bits per heavy atom. The number of rotatable bonds is 6. The zero-order valence-corrected chi connectivity index (χ0v) is 13.1. The fourth-order valence-corrected chi connectivity index (χ4v) is 4.96. The Hall–Kier alpha value is -1.50. The molecule has 0 aromatic heterocycles. The van der Waals surface area contributed by atoms with Gasteiger partial charge in [-0.2, -0.15) is 0 Å². The number of hydrogen-bond acceptors (Lipinski definition) is 7. The van der Waals surface area contributed by atoms with Gasteiger partial charge in [0.15, 0.2) is 12.2 Å². The first-order valence-electron chi connectivity index (χ1n) is 7.35. The number of esters is 3. The summed E-state index contributed by atoms with van der Waals surface area (Å²) in [5.74, 6) is -0.974. The number of carbonyl (C=O) groups is 3. The van der Waals surface area contributed by atoms with Crippen molar-refractivity contribution in [1.82, 2.24) is 0 Å². The third-order valence-corrected chi connectivity index (χ3v) is 5.88. The highest BCUT2D eigenvalue weighted by Crippen LogP contribution is 2.55. The van der Waals surface area contributed by atoms with Gasteiger partial charge in [-0.25, -0.2) is 4.79 Å². The summed E-state index contributed by atoms with van der Waals surface area (Å²) in [5, 5.41) is 0.309. The van der Waals surface area contributed by atoms with E-state index in [0.717, 1.165) is 6.42 Å². The molecule has 3 fully saturated rings. The molecule has 2 bridgehead atoms. The van der Waals surface area contributed by atoms with Crippen molar-refractivity contribution >= 4 is 29.7 Å². The summed E-state index contributed by atoms with van der Waals surface area (Å²) in [6.45, 7) is 5.21. The maximum absolute atomic E-state index is 11.9. The molecule has 0 aromatic carbocycles. The van der Waals surface area contributed by atoms with E-state index in [1.54, 1.807) is 18.7 Å². The predicted octanol–water partition coefficient (Wildman–Crippen LogP) is 1.23. The fourth-order valence-electron chi connectivity index (χ4n) is 3.10. The van der Waals surface area contributed by atoms with Crippen molar-refractivity contribution < 1.29 is 28.6 Å². The van der Waals surface area contributed by atoms with Crippen LogP contribution in [0.5, 0.6) is 0 Å². The van der Waals surface area contributed by atoms with Gasteiger partial charge in [-0.15, -0.1) is 11.8 Å². The van der Waals surface area contributed by atoms with Gasteiger partial charge in [0.1, 0.15) is 0 Å². The van der Waals surface area contributed by atoms with E-state index in [1.165, 1.54) is 0 Å². The second-order valence-electron chi connectivity index (χ2n) is 5.86. The highest BCUT2D eigenvalue weighted by molar-refractivity contribution is 8.01. The number of ether oxygens (including phenoxy) is 3. The van der Waals surface area contributed by atoms with Crippen LogP contribution in [-0.4, -0.2) is 47.2 Å². The lowest BCUT2D eigenvalue weighted by Crippen LogP contribution is -2.40. The lowest BCUT2D eigenvalue weighted by atomic mass is 9.88. The van der Waals surface area contributed by atoms with E-state index in [4.69, 9.17) is 14.2 Å². The Balaban J connectivity index is 1.41. The van der Waals surface area contributed by atoms with Crippen molar-refractivity contribution in [2.45, 2.75) is 48.9 Å². The second kappa shape index (κ2) is 5.95. The summed E-state index contributed by atoms with van der Waals surface area (Å²) in [6.07, 6.45) is 0.693. The summed E-state index contributed by atoms with van der Waals surface area (Å²) in [6, 6.07) is 0. The van der Waals surface area contributed by atoms with Crippen molar-refractivity contribution in [2.24, 2.45) is 5.92 Å². The molecular formula is C15H18O6S. The number of hydrogen-bond donors (Lipinski definition) is 0. The average molecular weight is 326 g/mol. The van der Waals surface area contributed by atoms with Crippen molar-refractivity contribution in [1.29, 1.82) is 0 Å². The van der Waals surface area contributed by atoms with Crippen molar-refractivity contribution in [2.75, 3.05) is 6.61 Å². The minimum absolute atomic E-state index is 0.0171. The molecule has 3 saturated heterocycles. The number of thioether (sulfide) groups is 1. The van der Waals surface area contributed by atoms with E-state index in [9.17, 15) is 14.4 Å². The van der Waals surface area contributed by atoms with Crippen molar-refractivity contribution in [3.63, 3.8) is 0 Å². The Bertz CT molecular complexity index is 530. The number of carbonyl (C=O) groups excluding carboxylic acids is 3. The Kier molecular flexibility index (Phi) is 4.16. The van der Waals surface area contributed by atoms with Gasteiger partial charge in [0.2, 0.25) is 0 Å². The minimum Gasteiger partial charge on any atom is -0.462 e. The monoisotopic (exact) mass is 326 g/mol. The molecule has 6 nitrogen and oxygen atoms in total. The minimum atomic E-state index is -0.457. The molecule has 3 rings (SSSR count).